The van der Waals surface area contributed by atoms with Gasteiger partial charge in [0.05, 0.1) is 18.5 Å². The maximum atomic E-state index is 11.8. The summed E-state index contributed by atoms with van der Waals surface area (Å²) in [6.45, 7) is 2.66. The fourth-order valence-corrected chi connectivity index (χ4v) is 3.38. The molecule has 0 spiro atoms. The normalized spacial score (nSPS) is 16.8. The van der Waals surface area contributed by atoms with E-state index in [4.69, 9.17) is 4.74 Å². The Bertz CT molecular complexity index is 855. The monoisotopic (exact) mass is 370 g/mol. The number of hydrogen-bond acceptors (Lipinski definition) is 7. The van der Waals surface area contributed by atoms with E-state index in [0.717, 1.165) is 37.3 Å². The number of aryl methyl sites for hydroxylation is 1. The molecule has 142 valence electrons. The van der Waals surface area contributed by atoms with Gasteiger partial charge in [-0.3, -0.25) is 14.9 Å². The molecule has 1 aromatic carbocycles. The molecular formula is C19H22N4O4. The third-order valence-corrected chi connectivity index (χ3v) is 4.71. The number of carbonyl (C=O) groups is 1. The summed E-state index contributed by atoms with van der Waals surface area (Å²) < 4.78 is 4.83. The quantitative estimate of drug-likeness (QED) is 0.452. The van der Waals surface area contributed by atoms with Crippen LogP contribution in [0.5, 0.6) is 0 Å². The molecule has 2 aromatic rings. The highest BCUT2D eigenvalue weighted by Gasteiger charge is 2.27. The molecule has 3 rings (SSSR count). The van der Waals surface area contributed by atoms with Crippen LogP contribution in [-0.4, -0.2) is 40.6 Å². The van der Waals surface area contributed by atoms with Gasteiger partial charge in [0.25, 0.3) is 5.69 Å². The van der Waals surface area contributed by atoms with Crippen LogP contribution < -0.4 is 4.90 Å². The van der Waals surface area contributed by atoms with Gasteiger partial charge in [0, 0.05) is 42.0 Å². The van der Waals surface area contributed by atoms with Crippen LogP contribution in [0.15, 0.2) is 30.3 Å². The van der Waals surface area contributed by atoms with Gasteiger partial charge in [-0.15, -0.1) is 0 Å². The van der Waals surface area contributed by atoms with Crippen LogP contribution in [0.25, 0.3) is 11.4 Å². The molecule has 0 radical (unpaired) electrons. The average Bonchev–Trinajstić information content (AvgIpc) is 2.68. The number of piperidine rings is 1. The first-order valence-corrected chi connectivity index (χ1v) is 8.92. The van der Waals surface area contributed by atoms with Crippen molar-refractivity contribution in [1.82, 2.24) is 9.97 Å². The SMILES string of the molecule is COC(=O)C[C@@H]1CCCCN1c1cc(C)nc(-c2cccc([N+](=O)[O-])c2)n1. The number of hydrogen-bond donors (Lipinski definition) is 0. The molecule has 1 atom stereocenters. The fourth-order valence-electron chi connectivity index (χ4n) is 3.38. The van der Waals surface area contributed by atoms with Gasteiger partial charge in [-0.2, -0.15) is 0 Å². The molecule has 0 N–H and O–H groups in total. The van der Waals surface area contributed by atoms with Crippen molar-refractivity contribution < 1.29 is 14.5 Å². The van der Waals surface area contributed by atoms with E-state index in [0.29, 0.717) is 17.8 Å². The molecular weight excluding hydrogens is 348 g/mol. The van der Waals surface area contributed by atoms with Crippen molar-refractivity contribution in [3.63, 3.8) is 0 Å². The topological polar surface area (TPSA) is 98.5 Å². The molecule has 0 saturated carbocycles. The van der Waals surface area contributed by atoms with E-state index in [2.05, 4.69) is 14.9 Å². The second-order valence-electron chi connectivity index (χ2n) is 6.62. The summed E-state index contributed by atoms with van der Waals surface area (Å²) in [5.41, 5.74) is 1.36. The van der Waals surface area contributed by atoms with Crippen molar-refractivity contribution in [1.29, 1.82) is 0 Å². The number of rotatable bonds is 5. The molecule has 1 aromatic heterocycles. The van der Waals surface area contributed by atoms with Crippen LogP contribution in [0.1, 0.15) is 31.4 Å². The molecule has 0 amide bonds. The highest BCUT2D eigenvalue weighted by molar-refractivity contribution is 5.71. The van der Waals surface area contributed by atoms with Crippen LogP contribution in [-0.2, 0) is 9.53 Å². The number of nitro benzene ring substituents is 1. The van der Waals surface area contributed by atoms with Crippen molar-refractivity contribution in [2.24, 2.45) is 0 Å². The van der Waals surface area contributed by atoms with Gasteiger partial charge in [0.1, 0.15) is 5.82 Å². The molecule has 1 fully saturated rings. The lowest BCUT2D eigenvalue weighted by molar-refractivity contribution is -0.384. The molecule has 8 heteroatoms. The number of methoxy groups -OCH3 is 1. The van der Waals surface area contributed by atoms with Gasteiger partial charge in [0.15, 0.2) is 5.82 Å². The van der Waals surface area contributed by atoms with Crippen molar-refractivity contribution >= 4 is 17.5 Å². The molecule has 27 heavy (non-hydrogen) atoms. The van der Waals surface area contributed by atoms with Crippen molar-refractivity contribution in [3.05, 3.63) is 46.1 Å². The van der Waals surface area contributed by atoms with E-state index in [-0.39, 0.29) is 17.7 Å². The van der Waals surface area contributed by atoms with Crippen molar-refractivity contribution in [2.75, 3.05) is 18.6 Å². The third kappa shape index (κ3) is 4.39. The summed E-state index contributed by atoms with van der Waals surface area (Å²) in [7, 11) is 1.39. The van der Waals surface area contributed by atoms with E-state index in [1.165, 1.54) is 19.2 Å². The first kappa shape index (κ1) is 18.8. The Labute approximate surface area is 157 Å². The number of non-ortho nitro benzene ring substituents is 1. The minimum atomic E-state index is -0.433. The summed E-state index contributed by atoms with van der Waals surface area (Å²) in [5, 5.41) is 11.1. The van der Waals surface area contributed by atoms with Crippen molar-refractivity contribution in [2.45, 2.75) is 38.6 Å². The molecule has 0 aliphatic carbocycles. The molecule has 0 unspecified atom stereocenters. The van der Waals surface area contributed by atoms with Gasteiger partial charge < -0.3 is 9.64 Å². The van der Waals surface area contributed by atoms with E-state index in [1.54, 1.807) is 12.1 Å². The highest BCUT2D eigenvalue weighted by Crippen LogP contribution is 2.28. The van der Waals surface area contributed by atoms with Crippen molar-refractivity contribution in [3.8, 4) is 11.4 Å². The number of esters is 1. The zero-order valence-corrected chi connectivity index (χ0v) is 15.4. The van der Waals surface area contributed by atoms with Crippen LogP contribution >= 0.6 is 0 Å². The lowest BCUT2D eigenvalue weighted by Crippen LogP contribution is -2.41. The van der Waals surface area contributed by atoms with E-state index >= 15 is 0 Å². The Hall–Kier alpha value is -3.03. The standard InChI is InChI=1S/C19H22N4O4/c1-13-10-17(22-9-4-3-7-15(22)12-18(24)27-2)21-19(20-13)14-6-5-8-16(11-14)23(25)26/h5-6,8,10-11,15H,3-4,7,9,12H2,1-2H3/t15-/m0/s1. The number of aromatic nitrogens is 2. The third-order valence-electron chi connectivity index (χ3n) is 4.71. The number of anilines is 1. The van der Waals surface area contributed by atoms with Crippen LogP contribution in [0.2, 0.25) is 0 Å². The maximum absolute atomic E-state index is 11.8. The van der Waals surface area contributed by atoms with E-state index < -0.39 is 4.92 Å². The first-order valence-electron chi connectivity index (χ1n) is 8.92. The summed E-state index contributed by atoms with van der Waals surface area (Å²) in [6.07, 6.45) is 3.28. The predicted octanol–water partition coefficient (Wildman–Crippen LogP) is 3.28. The van der Waals surface area contributed by atoms with Gasteiger partial charge in [0.2, 0.25) is 0 Å². The van der Waals surface area contributed by atoms with Gasteiger partial charge in [-0.05, 0) is 26.2 Å². The summed E-state index contributed by atoms with van der Waals surface area (Å²) in [4.78, 5) is 33.6. The molecule has 1 aliphatic heterocycles. The van der Waals surface area contributed by atoms with Gasteiger partial charge in [-0.25, -0.2) is 9.97 Å². The Morgan fingerprint density at radius 2 is 2.15 bits per heavy atom. The molecule has 2 heterocycles. The maximum Gasteiger partial charge on any atom is 0.307 e. The molecule has 8 nitrogen and oxygen atoms in total. The minimum absolute atomic E-state index is 0.000645. The van der Waals surface area contributed by atoms with E-state index in [9.17, 15) is 14.9 Å². The fraction of sp³-hybridized carbons (Fsp3) is 0.421. The number of nitrogens with zero attached hydrogens (tertiary/aromatic N) is 4. The zero-order chi connectivity index (χ0) is 19.4. The minimum Gasteiger partial charge on any atom is -0.469 e. The van der Waals surface area contributed by atoms with E-state index in [1.807, 2.05) is 13.0 Å². The molecule has 1 aliphatic rings. The summed E-state index contributed by atoms with van der Waals surface area (Å²) in [6, 6.07) is 8.21. The molecule has 0 bridgehead atoms. The Morgan fingerprint density at radius 3 is 2.89 bits per heavy atom. The summed E-state index contributed by atoms with van der Waals surface area (Å²) in [5.74, 6) is 0.935. The highest BCUT2D eigenvalue weighted by atomic mass is 16.6. The second-order valence-corrected chi connectivity index (χ2v) is 6.62. The Kier molecular flexibility index (Phi) is 5.63. The van der Waals surface area contributed by atoms with Gasteiger partial charge >= 0.3 is 5.97 Å². The van der Waals surface area contributed by atoms with Gasteiger partial charge in [-0.1, -0.05) is 12.1 Å². The van der Waals surface area contributed by atoms with Crippen LogP contribution in [0.4, 0.5) is 11.5 Å². The van der Waals surface area contributed by atoms with Crippen LogP contribution in [0.3, 0.4) is 0 Å². The number of carbonyl (C=O) groups excluding carboxylic acids is 1. The largest absolute Gasteiger partial charge is 0.469 e. The first-order chi connectivity index (χ1) is 13.0. The average molecular weight is 370 g/mol. The molecule has 1 saturated heterocycles. The number of ether oxygens (including phenoxy) is 1. The summed E-state index contributed by atoms with van der Waals surface area (Å²) >= 11 is 0. The lowest BCUT2D eigenvalue weighted by Gasteiger charge is -2.36. The number of nitro groups is 1. The smallest absolute Gasteiger partial charge is 0.307 e. The lowest BCUT2D eigenvalue weighted by atomic mass is 9.99. The van der Waals surface area contributed by atoms with Crippen LogP contribution in [0, 0.1) is 17.0 Å². The predicted molar refractivity (Wildman–Crippen MR) is 100 cm³/mol. The zero-order valence-electron chi connectivity index (χ0n) is 15.4. The second kappa shape index (κ2) is 8.11. The number of benzene rings is 1. The Morgan fingerprint density at radius 1 is 1.33 bits per heavy atom. The Balaban J connectivity index is 1.95.